The molecule has 0 aromatic heterocycles. The lowest BCUT2D eigenvalue weighted by Crippen LogP contribution is -2.29. The molecule has 1 fully saturated rings. The number of imide groups is 1. The van der Waals surface area contributed by atoms with E-state index >= 15 is 0 Å². The van der Waals surface area contributed by atoms with Gasteiger partial charge in [0.25, 0.3) is 11.1 Å². The zero-order chi connectivity index (χ0) is 22.4. The Morgan fingerprint density at radius 2 is 1.81 bits per heavy atom. The molecule has 3 amide bonds. The molecule has 1 saturated heterocycles. The molecule has 0 saturated carbocycles. The van der Waals surface area contributed by atoms with Gasteiger partial charge in [0, 0.05) is 24.2 Å². The molecule has 0 bridgehead atoms. The summed E-state index contributed by atoms with van der Waals surface area (Å²) in [5.41, 5.74) is 8.86. The fourth-order valence-electron chi connectivity index (χ4n) is 2.93. The molecule has 1 heterocycles. The zero-order valence-corrected chi connectivity index (χ0v) is 17.8. The van der Waals surface area contributed by atoms with Gasteiger partial charge in [0.15, 0.2) is 0 Å². The standard InChI is InChI=1S/C22H23N5O3S/c1-14-4-6-15(7-5-14)13-18-21(29)27(22(30)31-18)12-2-3-19(28)25-17-10-8-16(9-11-17)20(23)26-24/h4-11,13H,2-3,12,24H2,1H3,(H2,23,26)(H,25,28)/b18-13-. The number of hydrogen-bond acceptors (Lipinski definition) is 6. The maximum atomic E-state index is 12.6. The van der Waals surface area contributed by atoms with Crippen LogP contribution >= 0.6 is 11.8 Å². The lowest BCUT2D eigenvalue weighted by atomic mass is 10.1. The van der Waals surface area contributed by atoms with Crippen molar-refractivity contribution in [1.82, 2.24) is 4.90 Å². The quantitative estimate of drug-likeness (QED) is 0.201. The van der Waals surface area contributed by atoms with Crippen molar-refractivity contribution in [2.45, 2.75) is 19.8 Å². The molecule has 31 heavy (non-hydrogen) atoms. The molecule has 2 aromatic carbocycles. The van der Waals surface area contributed by atoms with E-state index in [9.17, 15) is 14.4 Å². The number of hydrazone groups is 1. The number of nitrogens with one attached hydrogen (secondary N) is 1. The van der Waals surface area contributed by atoms with Gasteiger partial charge in [0.1, 0.15) is 5.84 Å². The van der Waals surface area contributed by atoms with Crippen LogP contribution in [0.25, 0.3) is 6.08 Å². The summed E-state index contributed by atoms with van der Waals surface area (Å²) in [4.78, 5) is 38.5. The van der Waals surface area contributed by atoms with Gasteiger partial charge in [-0.25, -0.2) is 0 Å². The molecular formula is C22H23N5O3S. The second kappa shape index (κ2) is 9.94. The number of thioether (sulfide) groups is 1. The molecule has 8 nitrogen and oxygen atoms in total. The van der Waals surface area contributed by atoms with Gasteiger partial charge in [-0.2, -0.15) is 5.10 Å². The highest BCUT2D eigenvalue weighted by atomic mass is 32.2. The van der Waals surface area contributed by atoms with E-state index in [2.05, 4.69) is 10.4 Å². The number of carbonyl (C=O) groups is 3. The molecule has 0 aliphatic carbocycles. The summed E-state index contributed by atoms with van der Waals surface area (Å²) in [6.07, 6.45) is 2.25. The summed E-state index contributed by atoms with van der Waals surface area (Å²) in [5.74, 6) is 4.80. The highest BCUT2D eigenvalue weighted by molar-refractivity contribution is 8.18. The second-order valence-corrected chi connectivity index (χ2v) is 7.98. The molecule has 0 unspecified atom stereocenters. The number of anilines is 1. The molecule has 5 N–H and O–H groups in total. The Bertz CT molecular complexity index is 1050. The third kappa shape index (κ3) is 5.73. The van der Waals surface area contributed by atoms with Crippen LogP contribution in [-0.4, -0.2) is 34.3 Å². The first-order valence-electron chi connectivity index (χ1n) is 9.63. The van der Waals surface area contributed by atoms with E-state index < -0.39 is 0 Å². The molecule has 0 spiro atoms. The van der Waals surface area contributed by atoms with E-state index in [4.69, 9.17) is 11.6 Å². The van der Waals surface area contributed by atoms with Gasteiger partial charge >= 0.3 is 0 Å². The summed E-state index contributed by atoms with van der Waals surface area (Å²) in [6, 6.07) is 14.5. The predicted molar refractivity (Wildman–Crippen MR) is 123 cm³/mol. The molecule has 0 radical (unpaired) electrons. The number of carbonyl (C=O) groups excluding carboxylic acids is 3. The van der Waals surface area contributed by atoms with Crippen LogP contribution in [0, 0.1) is 6.92 Å². The second-order valence-electron chi connectivity index (χ2n) is 6.99. The van der Waals surface area contributed by atoms with Crippen molar-refractivity contribution < 1.29 is 14.4 Å². The van der Waals surface area contributed by atoms with Crippen LogP contribution in [0.4, 0.5) is 10.5 Å². The third-order valence-electron chi connectivity index (χ3n) is 4.64. The summed E-state index contributed by atoms with van der Waals surface area (Å²) < 4.78 is 0. The van der Waals surface area contributed by atoms with Crippen molar-refractivity contribution in [3.63, 3.8) is 0 Å². The van der Waals surface area contributed by atoms with Crippen molar-refractivity contribution in [1.29, 1.82) is 0 Å². The maximum absolute atomic E-state index is 12.6. The maximum Gasteiger partial charge on any atom is 0.293 e. The van der Waals surface area contributed by atoms with Crippen molar-refractivity contribution in [2.75, 3.05) is 11.9 Å². The number of nitrogens with zero attached hydrogens (tertiary/aromatic N) is 2. The molecule has 1 aliphatic heterocycles. The number of nitrogens with two attached hydrogens (primary N) is 2. The number of amides is 3. The van der Waals surface area contributed by atoms with Crippen molar-refractivity contribution >= 4 is 46.4 Å². The number of hydrogen-bond donors (Lipinski definition) is 3. The van der Waals surface area contributed by atoms with Crippen LogP contribution in [-0.2, 0) is 9.59 Å². The normalized spacial score (nSPS) is 15.6. The summed E-state index contributed by atoms with van der Waals surface area (Å²) in [5, 5.41) is 5.86. The van der Waals surface area contributed by atoms with E-state index in [0.717, 1.165) is 22.9 Å². The van der Waals surface area contributed by atoms with E-state index in [1.165, 1.54) is 4.90 Å². The van der Waals surface area contributed by atoms with Crippen molar-refractivity contribution in [3.05, 3.63) is 70.1 Å². The van der Waals surface area contributed by atoms with E-state index in [1.807, 2.05) is 31.2 Å². The van der Waals surface area contributed by atoms with Gasteiger partial charge in [0.05, 0.1) is 4.91 Å². The highest BCUT2D eigenvalue weighted by Gasteiger charge is 2.34. The molecule has 3 rings (SSSR count). The molecular weight excluding hydrogens is 414 g/mol. The first-order valence-corrected chi connectivity index (χ1v) is 10.4. The Morgan fingerprint density at radius 3 is 2.45 bits per heavy atom. The summed E-state index contributed by atoms with van der Waals surface area (Å²) in [6.45, 7) is 2.17. The number of benzene rings is 2. The topological polar surface area (TPSA) is 131 Å². The minimum absolute atomic E-state index is 0.173. The van der Waals surface area contributed by atoms with Gasteiger partial charge in [-0.1, -0.05) is 29.8 Å². The van der Waals surface area contributed by atoms with Gasteiger partial charge in [-0.05, 0) is 61.0 Å². The third-order valence-corrected chi connectivity index (χ3v) is 5.55. The van der Waals surface area contributed by atoms with Crippen molar-refractivity contribution in [2.24, 2.45) is 16.7 Å². The average Bonchev–Trinajstić information content (AvgIpc) is 3.02. The lowest BCUT2D eigenvalue weighted by Gasteiger charge is -2.12. The monoisotopic (exact) mass is 437 g/mol. The van der Waals surface area contributed by atoms with Gasteiger partial charge < -0.3 is 16.9 Å². The number of rotatable bonds is 7. The Balaban J connectivity index is 1.50. The zero-order valence-electron chi connectivity index (χ0n) is 17.0. The largest absolute Gasteiger partial charge is 0.382 e. The van der Waals surface area contributed by atoms with Gasteiger partial charge in [-0.3, -0.25) is 19.3 Å². The molecule has 1 aliphatic rings. The predicted octanol–water partition coefficient (Wildman–Crippen LogP) is 3.03. The van der Waals surface area contributed by atoms with Crippen LogP contribution in [0.3, 0.4) is 0 Å². The number of amidine groups is 1. The highest BCUT2D eigenvalue weighted by Crippen LogP contribution is 2.32. The van der Waals surface area contributed by atoms with Crippen LogP contribution in [0.15, 0.2) is 58.5 Å². The van der Waals surface area contributed by atoms with Gasteiger partial charge in [-0.15, -0.1) is 0 Å². The summed E-state index contributed by atoms with van der Waals surface area (Å²) >= 11 is 0.917. The van der Waals surface area contributed by atoms with E-state index in [0.29, 0.717) is 22.6 Å². The fourth-order valence-corrected chi connectivity index (χ4v) is 3.79. The summed E-state index contributed by atoms with van der Waals surface area (Å²) in [7, 11) is 0. The first-order chi connectivity index (χ1) is 14.9. The van der Waals surface area contributed by atoms with Gasteiger partial charge in [0.2, 0.25) is 5.91 Å². The SMILES string of the molecule is Cc1ccc(/C=C2\SC(=O)N(CCCC(=O)Nc3ccc(/C(N)=N/N)cc3)C2=O)cc1. The Labute approximate surface area is 184 Å². The molecule has 0 atom stereocenters. The average molecular weight is 438 g/mol. The van der Waals surface area contributed by atoms with Crippen LogP contribution < -0.4 is 16.9 Å². The minimum Gasteiger partial charge on any atom is -0.382 e. The number of aryl methyl sites for hydroxylation is 1. The molecule has 160 valence electrons. The Morgan fingerprint density at radius 1 is 1.13 bits per heavy atom. The van der Waals surface area contributed by atoms with Crippen LogP contribution in [0.5, 0.6) is 0 Å². The lowest BCUT2D eigenvalue weighted by molar-refractivity contribution is -0.123. The molecule has 9 heteroatoms. The fraction of sp³-hybridized carbons (Fsp3) is 0.182. The van der Waals surface area contributed by atoms with Crippen LogP contribution in [0.2, 0.25) is 0 Å². The Hall–Kier alpha value is -3.59. The van der Waals surface area contributed by atoms with E-state index in [1.54, 1.807) is 30.3 Å². The smallest absolute Gasteiger partial charge is 0.293 e. The molecule has 2 aromatic rings. The van der Waals surface area contributed by atoms with Crippen LogP contribution in [0.1, 0.15) is 29.5 Å². The van der Waals surface area contributed by atoms with Crippen molar-refractivity contribution in [3.8, 4) is 0 Å². The first kappa shape index (κ1) is 22.1. The Kier molecular flexibility index (Phi) is 7.09. The van der Waals surface area contributed by atoms with E-state index in [-0.39, 0.29) is 35.9 Å². The minimum atomic E-state index is -0.328.